The van der Waals surface area contributed by atoms with Crippen molar-refractivity contribution in [2.24, 2.45) is 5.41 Å². The molecule has 0 heterocycles. The number of rotatable bonds is 5. The zero-order valence-electron chi connectivity index (χ0n) is 13.1. The highest BCUT2D eigenvalue weighted by Crippen LogP contribution is 2.33. The minimum absolute atomic E-state index is 0.165. The van der Waals surface area contributed by atoms with Crippen LogP contribution < -0.4 is 10.1 Å². The standard InChI is InChI=1S/C17H27NO2/c1-17(2,3)10-13(19)11-18-16-8-6-12-5-7-14(20-4)9-15(12)16/h5,7,9,13,16,18-19H,6,8,10-11H2,1-4H3. The van der Waals surface area contributed by atoms with Crippen LogP contribution in [0.25, 0.3) is 0 Å². The summed E-state index contributed by atoms with van der Waals surface area (Å²) in [6.45, 7) is 7.13. The molecule has 1 aliphatic rings. The molecule has 0 saturated heterocycles. The smallest absolute Gasteiger partial charge is 0.119 e. The number of hydrogen-bond acceptors (Lipinski definition) is 3. The first-order valence-corrected chi connectivity index (χ1v) is 7.47. The van der Waals surface area contributed by atoms with Gasteiger partial charge in [-0.1, -0.05) is 26.8 Å². The van der Waals surface area contributed by atoms with Gasteiger partial charge in [-0.25, -0.2) is 0 Å². The van der Waals surface area contributed by atoms with E-state index in [0.29, 0.717) is 12.6 Å². The Morgan fingerprint density at radius 1 is 1.40 bits per heavy atom. The Morgan fingerprint density at radius 2 is 2.15 bits per heavy atom. The Labute approximate surface area is 122 Å². The molecule has 0 aromatic heterocycles. The number of methoxy groups -OCH3 is 1. The Morgan fingerprint density at radius 3 is 2.80 bits per heavy atom. The van der Waals surface area contributed by atoms with Gasteiger partial charge in [0.2, 0.25) is 0 Å². The van der Waals surface area contributed by atoms with Gasteiger partial charge in [-0.3, -0.25) is 0 Å². The maximum atomic E-state index is 10.1. The highest BCUT2D eigenvalue weighted by Gasteiger charge is 2.24. The summed E-state index contributed by atoms with van der Waals surface area (Å²) in [6.07, 6.45) is 2.74. The zero-order chi connectivity index (χ0) is 14.8. The molecular weight excluding hydrogens is 250 g/mol. The van der Waals surface area contributed by atoms with E-state index < -0.39 is 0 Å². The van der Waals surface area contributed by atoms with Crippen LogP contribution in [-0.4, -0.2) is 24.9 Å². The Balaban J connectivity index is 1.93. The summed E-state index contributed by atoms with van der Waals surface area (Å²) in [5.41, 5.74) is 2.89. The molecule has 2 N–H and O–H groups in total. The van der Waals surface area contributed by atoms with Gasteiger partial charge in [-0.05, 0) is 47.9 Å². The molecule has 0 saturated carbocycles. The molecule has 20 heavy (non-hydrogen) atoms. The molecule has 0 spiro atoms. The van der Waals surface area contributed by atoms with Crippen LogP contribution in [0, 0.1) is 5.41 Å². The van der Waals surface area contributed by atoms with E-state index in [4.69, 9.17) is 4.74 Å². The van der Waals surface area contributed by atoms with Gasteiger partial charge in [-0.2, -0.15) is 0 Å². The van der Waals surface area contributed by atoms with E-state index >= 15 is 0 Å². The molecule has 0 aliphatic heterocycles. The average Bonchev–Trinajstić information content (AvgIpc) is 2.76. The Kier molecular flexibility index (Phi) is 4.71. The van der Waals surface area contributed by atoms with E-state index in [9.17, 15) is 5.11 Å². The lowest BCUT2D eigenvalue weighted by Crippen LogP contribution is -2.32. The van der Waals surface area contributed by atoms with Gasteiger partial charge in [0.1, 0.15) is 5.75 Å². The van der Waals surface area contributed by atoms with E-state index in [0.717, 1.165) is 25.0 Å². The van der Waals surface area contributed by atoms with Crippen LogP contribution in [0.3, 0.4) is 0 Å². The molecule has 2 atom stereocenters. The van der Waals surface area contributed by atoms with Crippen LogP contribution in [0.5, 0.6) is 5.75 Å². The van der Waals surface area contributed by atoms with Crippen molar-refractivity contribution in [2.75, 3.05) is 13.7 Å². The molecule has 0 bridgehead atoms. The molecule has 3 heteroatoms. The summed E-state index contributed by atoms with van der Waals surface area (Å²) in [6, 6.07) is 6.64. The molecule has 2 rings (SSSR count). The van der Waals surface area contributed by atoms with Gasteiger partial charge in [0.25, 0.3) is 0 Å². The largest absolute Gasteiger partial charge is 0.497 e. The van der Waals surface area contributed by atoms with E-state index in [1.807, 2.05) is 6.07 Å². The summed E-state index contributed by atoms with van der Waals surface area (Å²) >= 11 is 0. The lowest BCUT2D eigenvalue weighted by molar-refractivity contribution is 0.116. The highest BCUT2D eigenvalue weighted by atomic mass is 16.5. The van der Waals surface area contributed by atoms with Crippen molar-refractivity contribution in [3.05, 3.63) is 29.3 Å². The Bertz CT molecular complexity index is 451. The van der Waals surface area contributed by atoms with Crippen LogP contribution in [0.15, 0.2) is 18.2 Å². The van der Waals surface area contributed by atoms with Crippen molar-refractivity contribution in [1.82, 2.24) is 5.32 Å². The predicted octanol–water partition coefficient (Wildman–Crippen LogP) is 3.07. The molecule has 0 fully saturated rings. The third-order valence-corrected chi connectivity index (χ3v) is 3.88. The summed E-state index contributed by atoms with van der Waals surface area (Å²) in [7, 11) is 1.70. The van der Waals surface area contributed by atoms with E-state index in [1.54, 1.807) is 7.11 Å². The van der Waals surface area contributed by atoms with Crippen molar-refractivity contribution in [3.63, 3.8) is 0 Å². The first kappa shape index (κ1) is 15.3. The highest BCUT2D eigenvalue weighted by molar-refractivity contribution is 5.40. The molecule has 1 aromatic rings. The third kappa shape index (κ3) is 3.97. The molecule has 2 unspecified atom stereocenters. The van der Waals surface area contributed by atoms with Crippen LogP contribution in [0.4, 0.5) is 0 Å². The van der Waals surface area contributed by atoms with Crippen molar-refractivity contribution in [1.29, 1.82) is 0 Å². The predicted molar refractivity (Wildman–Crippen MR) is 82.1 cm³/mol. The molecule has 1 aromatic carbocycles. The third-order valence-electron chi connectivity index (χ3n) is 3.88. The molecule has 3 nitrogen and oxygen atoms in total. The summed E-state index contributed by atoms with van der Waals surface area (Å²) in [4.78, 5) is 0. The second-order valence-electron chi connectivity index (χ2n) is 6.98. The monoisotopic (exact) mass is 277 g/mol. The van der Waals surface area contributed by atoms with Gasteiger partial charge in [0.15, 0.2) is 0 Å². The summed E-state index contributed by atoms with van der Waals surface area (Å²) in [5.74, 6) is 0.910. The first-order chi connectivity index (χ1) is 9.39. The van der Waals surface area contributed by atoms with E-state index in [1.165, 1.54) is 11.1 Å². The maximum Gasteiger partial charge on any atom is 0.119 e. The van der Waals surface area contributed by atoms with Crippen LogP contribution >= 0.6 is 0 Å². The number of ether oxygens (including phenoxy) is 1. The summed E-state index contributed by atoms with van der Waals surface area (Å²) < 4.78 is 5.30. The number of aliphatic hydroxyl groups is 1. The quantitative estimate of drug-likeness (QED) is 0.869. The van der Waals surface area contributed by atoms with Crippen LogP contribution in [0.1, 0.15) is 50.8 Å². The second-order valence-corrected chi connectivity index (χ2v) is 6.98. The van der Waals surface area contributed by atoms with Crippen LogP contribution in [0.2, 0.25) is 0 Å². The first-order valence-electron chi connectivity index (χ1n) is 7.47. The van der Waals surface area contributed by atoms with Crippen LogP contribution in [-0.2, 0) is 6.42 Å². The average molecular weight is 277 g/mol. The van der Waals surface area contributed by atoms with Gasteiger partial charge in [0, 0.05) is 12.6 Å². The fourth-order valence-electron chi connectivity index (χ4n) is 2.98. The fraction of sp³-hybridized carbons (Fsp3) is 0.647. The molecule has 0 radical (unpaired) electrons. The summed E-state index contributed by atoms with van der Waals surface area (Å²) in [5, 5.41) is 13.6. The molecule has 1 aliphatic carbocycles. The SMILES string of the molecule is COc1ccc2c(c1)C(NCC(O)CC(C)(C)C)CC2. The van der Waals surface area contributed by atoms with Gasteiger partial charge in [-0.15, -0.1) is 0 Å². The normalized spacial score (nSPS) is 19.8. The fourth-order valence-corrected chi connectivity index (χ4v) is 2.98. The van der Waals surface area contributed by atoms with E-state index in [-0.39, 0.29) is 11.5 Å². The van der Waals surface area contributed by atoms with Crippen molar-refractivity contribution >= 4 is 0 Å². The second kappa shape index (κ2) is 6.15. The maximum absolute atomic E-state index is 10.1. The van der Waals surface area contributed by atoms with E-state index in [2.05, 4.69) is 38.2 Å². The molecule has 0 amide bonds. The number of fused-ring (bicyclic) bond motifs is 1. The number of aryl methyl sites for hydroxylation is 1. The zero-order valence-corrected chi connectivity index (χ0v) is 13.1. The van der Waals surface area contributed by atoms with Gasteiger partial charge < -0.3 is 15.2 Å². The molecule has 112 valence electrons. The minimum atomic E-state index is -0.287. The molecular formula is C17H27NO2. The minimum Gasteiger partial charge on any atom is -0.497 e. The number of aliphatic hydroxyl groups excluding tert-OH is 1. The number of benzene rings is 1. The van der Waals surface area contributed by atoms with Gasteiger partial charge >= 0.3 is 0 Å². The number of hydrogen-bond donors (Lipinski definition) is 2. The lowest BCUT2D eigenvalue weighted by Gasteiger charge is -2.24. The Hall–Kier alpha value is -1.06. The number of nitrogens with one attached hydrogen (secondary N) is 1. The van der Waals surface area contributed by atoms with Gasteiger partial charge in [0.05, 0.1) is 13.2 Å². The lowest BCUT2D eigenvalue weighted by atomic mass is 9.89. The van der Waals surface area contributed by atoms with Crippen molar-refractivity contribution < 1.29 is 9.84 Å². The topological polar surface area (TPSA) is 41.5 Å². The van der Waals surface area contributed by atoms with Crippen molar-refractivity contribution in [2.45, 2.75) is 52.2 Å². The van der Waals surface area contributed by atoms with Crippen molar-refractivity contribution in [3.8, 4) is 5.75 Å².